The standard InChI is InChI=1S/C19H23FN6O2S2/c1-12-6-8-26(9-7-12)19(29)30-11-16(27)28-10-15-23-17(21)25-18(24-15)22-14-4-2-13(20)3-5-14/h2-5,12H,6-11H2,1H3,(H3,21,22,23,24,25). The number of halogens is 1. The van der Waals surface area contributed by atoms with Crippen LogP contribution in [0, 0.1) is 11.7 Å². The molecule has 1 aromatic heterocycles. The number of nitrogens with two attached hydrogens (primary N) is 1. The lowest BCUT2D eigenvalue weighted by molar-refractivity contribution is -0.141. The van der Waals surface area contributed by atoms with E-state index in [0.29, 0.717) is 15.9 Å². The van der Waals surface area contributed by atoms with Crippen LogP contribution in [0.5, 0.6) is 0 Å². The lowest BCUT2D eigenvalue weighted by Crippen LogP contribution is -2.35. The molecule has 1 aromatic carbocycles. The fourth-order valence-electron chi connectivity index (χ4n) is 2.81. The topological polar surface area (TPSA) is 106 Å². The van der Waals surface area contributed by atoms with Crippen molar-refractivity contribution in [2.75, 3.05) is 29.9 Å². The summed E-state index contributed by atoms with van der Waals surface area (Å²) < 4.78 is 19.0. The van der Waals surface area contributed by atoms with Gasteiger partial charge in [0, 0.05) is 18.8 Å². The van der Waals surface area contributed by atoms with Gasteiger partial charge in [-0.05, 0) is 43.0 Å². The van der Waals surface area contributed by atoms with E-state index >= 15 is 0 Å². The van der Waals surface area contributed by atoms with Crippen molar-refractivity contribution in [3.05, 3.63) is 35.9 Å². The van der Waals surface area contributed by atoms with Crippen LogP contribution in [0.15, 0.2) is 24.3 Å². The van der Waals surface area contributed by atoms with Crippen molar-refractivity contribution < 1.29 is 13.9 Å². The maximum Gasteiger partial charge on any atom is 0.316 e. The zero-order valence-corrected chi connectivity index (χ0v) is 18.1. The first-order valence-electron chi connectivity index (χ1n) is 9.49. The maximum atomic E-state index is 13.0. The molecular weight excluding hydrogens is 427 g/mol. The third-order valence-corrected chi connectivity index (χ3v) is 6.01. The molecule has 30 heavy (non-hydrogen) atoms. The van der Waals surface area contributed by atoms with Gasteiger partial charge < -0.3 is 20.7 Å². The number of anilines is 3. The van der Waals surface area contributed by atoms with Gasteiger partial charge >= 0.3 is 5.97 Å². The highest BCUT2D eigenvalue weighted by atomic mass is 32.2. The number of likely N-dealkylation sites (tertiary alicyclic amines) is 1. The summed E-state index contributed by atoms with van der Waals surface area (Å²) >= 11 is 6.71. The highest BCUT2D eigenvalue weighted by Crippen LogP contribution is 2.20. The van der Waals surface area contributed by atoms with Crippen LogP contribution in [0.3, 0.4) is 0 Å². The second-order valence-electron chi connectivity index (χ2n) is 6.95. The molecule has 0 amide bonds. The van der Waals surface area contributed by atoms with Gasteiger partial charge in [0.25, 0.3) is 0 Å². The predicted molar refractivity (Wildman–Crippen MR) is 119 cm³/mol. The van der Waals surface area contributed by atoms with Crippen LogP contribution in [-0.2, 0) is 16.1 Å². The van der Waals surface area contributed by atoms with Crippen molar-refractivity contribution in [3.8, 4) is 0 Å². The Hall–Kier alpha value is -2.53. The summed E-state index contributed by atoms with van der Waals surface area (Å²) in [5.41, 5.74) is 6.29. The van der Waals surface area contributed by atoms with Crippen molar-refractivity contribution in [1.82, 2.24) is 19.9 Å². The molecule has 0 bridgehead atoms. The molecule has 160 valence electrons. The third kappa shape index (κ3) is 6.77. The molecule has 1 aliphatic rings. The molecule has 2 aromatic rings. The van der Waals surface area contributed by atoms with Crippen molar-refractivity contribution in [1.29, 1.82) is 0 Å². The van der Waals surface area contributed by atoms with Crippen molar-refractivity contribution in [3.63, 3.8) is 0 Å². The third-order valence-electron chi connectivity index (χ3n) is 4.52. The lowest BCUT2D eigenvalue weighted by atomic mass is 10.00. The molecule has 1 saturated heterocycles. The summed E-state index contributed by atoms with van der Waals surface area (Å²) in [4.78, 5) is 26.3. The molecule has 0 unspecified atom stereocenters. The average Bonchev–Trinajstić information content (AvgIpc) is 2.72. The molecule has 1 fully saturated rings. The van der Waals surface area contributed by atoms with Gasteiger partial charge in [-0.1, -0.05) is 30.9 Å². The number of carbonyl (C=O) groups is 1. The highest BCUT2D eigenvalue weighted by molar-refractivity contribution is 8.23. The monoisotopic (exact) mass is 450 g/mol. The summed E-state index contributed by atoms with van der Waals surface area (Å²) in [7, 11) is 0. The summed E-state index contributed by atoms with van der Waals surface area (Å²) in [6, 6.07) is 5.69. The first kappa shape index (κ1) is 22.2. The van der Waals surface area contributed by atoms with Crippen LogP contribution < -0.4 is 11.1 Å². The van der Waals surface area contributed by atoms with Gasteiger partial charge in [-0.3, -0.25) is 4.79 Å². The Morgan fingerprint density at radius 1 is 1.30 bits per heavy atom. The number of benzene rings is 1. The lowest BCUT2D eigenvalue weighted by Gasteiger charge is -2.31. The van der Waals surface area contributed by atoms with Crippen LogP contribution in [-0.4, -0.2) is 49.0 Å². The number of nitrogen functional groups attached to an aromatic ring is 1. The van der Waals surface area contributed by atoms with Crippen molar-refractivity contribution in [2.24, 2.45) is 5.92 Å². The Balaban J connectivity index is 1.47. The first-order valence-corrected chi connectivity index (χ1v) is 10.9. The van der Waals surface area contributed by atoms with Crippen LogP contribution in [0.25, 0.3) is 0 Å². The molecule has 0 saturated carbocycles. The number of nitrogens with one attached hydrogen (secondary N) is 1. The van der Waals surface area contributed by atoms with Crippen LogP contribution in [0.2, 0.25) is 0 Å². The van der Waals surface area contributed by atoms with E-state index in [1.165, 1.54) is 36.0 Å². The number of carbonyl (C=O) groups excluding carboxylic acids is 1. The molecule has 2 heterocycles. The number of esters is 1. The van der Waals surface area contributed by atoms with Gasteiger partial charge in [-0.25, -0.2) is 4.39 Å². The van der Waals surface area contributed by atoms with Gasteiger partial charge in [-0.15, -0.1) is 0 Å². The Kier molecular flexibility index (Phi) is 7.75. The molecule has 3 N–H and O–H groups in total. The SMILES string of the molecule is CC1CCN(C(=S)SCC(=O)OCc2nc(N)nc(Nc3ccc(F)cc3)n2)CC1. The number of rotatable bonds is 6. The molecule has 11 heteroatoms. The number of ether oxygens (including phenoxy) is 1. The van der Waals surface area contributed by atoms with E-state index in [2.05, 4.69) is 32.1 Å². The van der Waals surface area contributed by atoms with Gasteiger partial charge in [-0.2, -0.15) is 15.0 Å². The quantitative estimate of drug-likeness (QED) is 0.503. The fraction of sp³-hybridized carbons (Fsp3) is 0.421. The number of hydrogen-bond donors (Lipinski definition) is 2. The number of hydrogen-bond acceptors (Lipinski definition) is 9. The number of thioether (sulfide) groups is 1. The molecule has 0 spiro atoms. The van der Waals surface area contributed by atoms with Crippen molar-refractivity contribution >= 4 is 51.9 Å². The van der Waals surface area contributed by atoms with Crippen LogP contribution in [0.4, 0.5) is 22.0 Å². The van der Waals surface area contributed by atoms with Crippen molar-refractivity contribution in [2.45, 2.75) is 26.4 Å². The summed E-state index contributed by atoms with van der Waals surface area (Å²) in [6.07, 6.45) is 2.22. The number of aromatic nitrogens is 3. The smallest absolute Gasteiger partial charge is 0.316 e. The Morgan fingerprint density at radius 2 is 2.00 bits per heavy atom. The van der Waals surface area contributed by atoms with E-state index in [1.807, 2.05) is 0 Å². The molecular formula is C19H23FN6O2S2. The molecule has 3 rings (SSSR count). The molecule has 0 radical (unpaired) electrons. The van der Waals surface area contributed by atoms with E-state index < -0.39 is 5.97 Å². The zero-order chi connectivity index (χ0) is 21.5. The normalized spacial score (nSPS) is 14.4. The minimum absolute atomic E-state index is 0.0180. The summed E-state index contributed by atoms with van der Waals surface area (Å²) in [5, 5.41) is 2.90. The number of nitrogens with zero attached hydrogens (tertiary/aromatic N) is 4. The Morgan fingerprint density at radius 3 is 2.70 bits per heavy atom. The Bertz CT molecular complexity index is 891. The van der Waals surface area contributed by atoms with Crippen LogP contribution in [0.1, 0.15) is 25.6 Å². The van der Waals surface area contributed by atoms with E-state index in [1.54, 1.807) is 0 Å². The van der Waals surface area contributed by atoms with E-state index in [0.717, 1.165) is 25.9 Å². The number of piperidine rings is 1. The molecule has 8 nitrogen and oxygen atoms in total. The van der Waals surface area contributed by atoms with E-state index in [9.17, 15) is 9.18 Å². The summed E-state index contributed by atoms with van der Waals surface area (Å²) in [5.74, 6) is 0.430. The number of thiocarbonyl (C=S) groups is 1. The summed E-state index contributed by atoms with van der Waals surface area (Å²) in [6.45, 7) is 3.95. The highest BCUT2D eigenvalue weighted by Gasteiger charge is 2.19. The minimum atomic E-state index is -0.417. The average molecular weight is 451 g/mol. The van der Waals surface area contributed by atoms with Gasteiger partial charge in [0.1, 0.15) is 10.1 Å². The van der Waals surface area contributed by atoms with Gasteiger partial charge in [0.2, 0.25) is 11.9 Å². The zero-order valence-electron chi connectivity index (χ0n) is 16.5. The second-order valence-corrected chi connectivity index (χ2v) is 8.56. The van der Waals surface area contributed by atoms with Crippen LogP contribution >= 0.6 is 24.0 Å². The molecule has 0 aliphatic carbocycles. The predicted octanol–water partition coefficient (Wildman–Crippen LogP) is 3.13. The van der Waals surface area contributed by atoms with Gasteiger partial charge in [0.05, 0.1) is 5.75 Å². The van der Waals surface area contributed by atoms with E-state index in [4.69, 9.17) is 22.7 Å². The van der Waals surface area contributed by atoms with Gasteiger partial charge in [0.15, 0.2) is 12.4 Å². The van der Waals surface area contributed by atoms with E-state index in [-0.39, 0.29) is 35.9 Å². The maximum absolute atomic E-state index is 13.0. The second kappa shape index (κ2) is 10.5. The largest absolute Gasteiger partial charge is 0.457 e. The first-order chi connectivity index (χ1) is 14.4. The molecule has 1 aliphatic heterocycles. The Labute approximate surface area is 183 Å². The fourth-order valence-corrected chi connectivity index (χ4v) is 3.86. The molecule has 0 atom stereocenters. The minimum Gasteiger partial charge on any atom is -0.457 e.